The van der Waals surface area contributed by atoms with E-state index in [9.17, 15) is 19.2 Å². The second kappa shape index (κ2) is 11.1. The Morgan fingerprint density at radius 2 is 1.76 bits per heavy atom. The fourth-order valence-electron chi connectivity index (χ4n) is 3.14. The average molecular weight is 510 g/mol. The van der Waals surface area contributed by atoms with Crippen LogP contribution in [0, 0.1) is 5.92 Å². The van der Waals surface area contributed by atoms with E-state index < -0.39 is 36.2 Å². The van der Waals surface area contributed by atoms with Crippen LogP contribution in [0.15, 0.2) is 36.4 Å². The Morgan fingerprint density at radius 1 is 1.09 bits per heavy atom. The van der Waals surface area contributed by atoms with Crippen LogP contribution >= 0.6 is 23.2 Å². The number of esters is 1. The van der Waals surface area contributed by atoms with Crippen molar-refractivity contribution in [1.82, 2.24) is 10.4 Å². The lowest BCUT2D eigenvalue weighted by atomic mass is 10.1. The molecule has 0 saturated carbocycles. The number of hydrogen-bond acceptors (Lipinski definition) is 7. The molecule has 2 aromatic carbocycles. The summed E-state index contributed by atoms with van der Waals surface area (Å²) in [5.41, 5.74) is 2.93. The maximum absolute atomic E-state index is 12.6. The van der Waals surface area contributed by atoms with E-state index in [1.54, 1.807) is 24.3 Å². The van der Waals surface area contributed by atoms with Crippen molar-refractivity contribution in [2.75, 3.05) is 32.7 Å². The number of hydrogen-bond donors (Lipinski definition) is 2. The van der Waals surface area contributed by atoms with Gasteiger partial charge in [-0.05, 0) is 24.3 Å². The van der Waals surface area contributed by atoms with Gasteiger partial charge in [-0.1, -0.05) is 29.3 Å². The second-order valence-electron chi connectivity index (χ2n) is 7.20. The molecule has 12 heteroatoms. The van der Waals surface area contributed by atoms with Gasteiger partial charge in [-0.2, -0.15) is 0 Å². The minimum Gasteiger partial charge on any atom is -0.497 e. The highest BCUT2D eigenvalue weighted by Gasteiger charge is 2.37. The molecule has 3 rings (SSSR count). The number of ether oxygens (including phenoxy) is 3. The van der Waals surface area contributed by atoms with Gasteiger partial charge in [-0.3, -0.25) is 29.6 Å². The topological polar surface area (TPSA) is 123 Å². The number of carbonyl (C=O) groups is 4. The third kappa shape index (κ3) is 6.09. The van der Waals surface area contributed by atoms with Crippen LogP contribution in [-0.2, 0) is 19.1 Å². The van der Waals surface area contributed by atoms with Crippen molar-refractivity contribution < 1.29 is 33.4 Å². The number of rotatable bonds is 8. The summed E-state index contributed by atoms with van der Waals surface area (Å²) in [6.07, 6.45) is -0.178. The largest absolute Gasteiger partial charge is 0.497 e. The van der Waals surface area contributed by atoms with Gasteiger partial charge in [-0.25, -0.2) is 0 Å². The molecule has 180 valence electrons. The van der Waals surface area contributed by atoms with Gasteiger partial charge in [0.1, 0.15) is 11.5 Å². The molecule has 1 aliphatic rings. The quantitative estimate of drug-likeness (QED) is 0.524. The van der Waals surface area contributed by atoms with E-state index in [2.05, 4.69) is 10.7 Å². The Balaban J connectivity index is 1.53. The van der Waals surface area contributed by atoms with Crippen molar-refractivity contribution in [3.05, 3.63) is 52.0 Å². The van der Waals surface area contributed by atoms with Gasteiger partial charge in [0.2, 0.25) is 5.91 Å². The molecule has 1 atom stereocenters. The highest BCUT2D eigenvalue weighted by molar-refractivity contribution is 6.44. The minimum absolute atomic E-state index is 0.105. The van der Waals surface area contributed by atoms with Crippen LogP contribution < -0.4 is 20.2 Å². The summed E-state index contributed by atoms with van der Waals surface area (Å²) in [5.74, 6) is -2.49. The smallest absolute Gasteiger partial charge is 0.311 e. The molecule has 0 radical (unpaired) electrons. The Hall–Kier alpha value is -3.50. The van der Waals surface area contributed by atoms with Crippen molar-refractivity contribution in [2.24, 2.45) is 5.92 Å². The lowest BCUT2D eigenvalue weighted by Crippen LogP contribution is -2.43. The summed E-state index contributed by atoms with van der Waals surface area (Å²) in [6, 6.07) is 9.27. The number of halogens is 2. The van der Waals surface area contributed by atoms with E-state index in [-0.39, 0.29) is 34.3 Å². The van der Waals surface area contributed by atoms with Gasteiger partial charge >= 0.3 is 5.97 Å². The van der Waals surface area contributed by atoms with Crippen molar-refractivity contribution in [2.45, 2.75) is 6.42 Å². The molecular weight excluding hydrogens is 489 g/mol. The van der Waals surface area contributed by atoms with E-state index in [0.717, 1.165) is 5.01 Å². The zero-order valence-corrected chi connectivity index (χ0v) is 19.7. The predicted molar refractivity (Wildman–Crippen MR) is 123 cm³/mol. The lowest BCUT2D eigenvalue weighted by molar-refractivity contribution is -0.151. The number of hydrazine groups is 1. The van der Waals surface area contributed by atoms with Gasteiger partial charge in [0, 0.05) is 18.1 Å². The molecule has 0 aromatic heterocycles. The maximum Gasteiger partial charge on any atom is 0.311 e. The first-order valence-electron chi connectivity index (χ1n) is 9.96. The summed E-state index contributed by atoms with van der Waals surface area (Å²) in [6.45, 7) is -0.686. The average Bonchev–Trinajstić information content (AvgIpc) is 3.20. The third-order valence-corrected chi connectivity index (χ3v) is 5.70. The molecule has 1 fully saturated rings. The zero-order valence-electron chi connectivity index (χ0n) is 18.2. The number of amides is 3. The minimum atomic E-state index is -0.852. The van der Waals surface area contributed by atoms with Crippen molar-refractivity contribution in [3.63, 3.8) is 0 Å². The molecule has 0 aliphatic carbocycles. The number of nitrogens with one attached hydrogen (secondary N) is 2. The zero-order chi connectivity index (χ0) is 24.8. The molecular formula is C22H21Cl2N3O7. The van der Waals surface area contributed by atoms with Crippen LogP contribution in [0.1, 0.15) is 16.8 Å². The van der Waals surface area contributed by atoms with Gasteiger partial charge in [0.15, 0.2) is 6.61 Å². The molecule has 2 aromatic rings. The molecule has 0 spiro atoms. The van der Waals surface area contributed by atoms with Gasteiger partial charge in [0.05, 0.1) is 42.4 Å². The van der Waals surface area contributed by atoms with Crippen LogP contribution in [0.3, 0.4) is 0 Å². The van der Waals surface area contributed by atoms with E-state index in [1.807, 2.05) is 0 Å². The molecule has 34 heavy (non-hydrogen) atoms. The Bertz CT molecular complexity index is 1100. The van der Waals surface area contributed by atoms with Crippen molar-refractivity contribution >= 4 is 52.6 Å². The number of anilines is 1. The normalized spacial score (nSPS) is 15.0. The van der Waals surface area contributed by atoms with E-state index >= 15 is 0 Å². The third-order valence-electron chi connectivity index (χ3n) is 4.88. The highest BCUT2D eigenvalue weighted by Crippen LogP contribution is 2.29. The molecule has 1 saturated heterocycles. The molecule has 0 unspecified atom stereocenters. The standard InChI is InChI=1S/C22H21Cl2N3O7/c1-32-14-6-12(7-15(9-14)33-2)21(30)26-27-10-13(8-19(27)29)22(31)34-11-18(28)25-17-5-3-4-16(23)20(17)24/h3-7,9,13H,8,10-11H2,1-2H3,(H,25,28)(H,26,30)/t13-/m1/s1. The number of carbonyl (C=O) groups excluding carboxylic acids is 4. The number of nitrogens with zero attached hydrogens (tertiary/aromatic N) is 1. The highest BCUT2D eigenvalue weighted by atomic mass is 35.5. The van der Waals surface area contributed by atoms with E-state index in [0.29, 0.717) is 11.5 Å². The first kappa shape index (κ1) is 25.1. The summed E-state index contributed by atoms with van der Waals surface area (Å²) in [4.78, 5) is 49.3. The molecule has 10 nitrogen and oxygen atoms in total. The number of benzene rings is 2. The van der Waals surface area contributed by atoms with Gasteiger partial charge in [0.25, 0.3) is 11.8 Å². The fourth-order valence-corrected chi connectivity index (χ4v) is 3.49. The Morgan fingerprint density at radius 3 is 2.41 bits per heavy atom. The molecule has 0 bridgehead atoms. The molecule has 1 aliphatic heterocycles. The predicted octanol–water partition coefficient (Wildman–Crippen LogP) is 2.69. The maximum atomic E-state index is 12.6. The van der Waals surface area contributed by atoms with Gasteiger partial charge in [-0.15, -0.1) is 0 Å². The number of methoxy groups -OCH3 is 2. The SMILES string of the molecule is COc1cc(OC)cc(C(=O)NN2C[C@H](C(=O)OCC(=O)Nc3cccc(Cl)c3Cl)CC2=O)c1. The summed E-state index contributed by atoms with van der Waals surface area (Å²) >= 11 is 11.9. The van der Waals surface area contributed by atoms with Crippen LogP contribution in [0.4, 0.5) is 5.69 Å². The first-order valence-corrected chi connectivity index (χ1v) is 10.7. The Labute approximate surface area is 205 Å². The Kier molecular flexibility index (Phi) is 8.19. The molecule has 1 heterocycles. The summed E-state index contributed by atoms with van der Waals surface area (Å²) in [5, 5.41) is 3.94. The van der Waals surface area contributed by atoms with Crippen LogP contribution in [-0.4, -0.2) is 56.1 Å². The molecule has 3 amide bonds. The molecule has 2 N–H and O–H groups in total. The van der Waals surface area contributed by atoms with Crippen LogP contribution in [0.2, 0.25) is 10.0 Å². The lowest BCUT2D eigenvalue weighted by Gasteiger charge is -2.18. The second-order valence-corrected chi connectivity index (χ2v) is 7.99. The summed E-state index contributed by atoms with van der Waals surface area (Å²) in [7, 11) is 2.89. The van der Waals surface area contributed by atoms with Crippen LogP contribution in [0.5, 0.6) is 11.5 Å². The summed E-state index contributed by atoms with van der Waals surface area (Å²) < 4.78 is 15.3. The van der Waals surface area contributed by atoms with Crippen molar-refractivity contribution in [1.29, 1.82) is 0 Å². The first-order chi connectivity index (χ1) is 16.2. The van der Waals surface area contributed by atoms with Crippen molar-refractivity contribution in [3.8, 4) is 11.5 Å². The van der Waals surface area contributed by atoms with Gasteiger partial charge < -0.3 is 19.5 Å². The monoisotopic (exact) mass is 509 g/mol. The van der Waals surface area contributed by atoms with E-state index in [4.69, 9.17) is 37.4 Å². The fraction of sp³-hybridized carbons (Fsp3) is 0.273. The van der Waals surface area contributed by atoms with E-state index in [1.165, 1.54) is 26.4 Å². The van der Waals surface area contributed by atoms with Crippen LogP contribution in [0.25, 0.3) is 0 Å².